The predicted octanol–water partition coefficient (Wildman–Crippen LogP) is 3.68. The third kappa shape index (κ3) is 4.97. The minimum atomic E-state index is -0.277. The van der Waals surface area contributed by atoms with Crippen LogP contribution in [0.3, 0.4) is 0 Å². The third-order valence-corrected chi connectivity index (χ3v) is 4.04. The Morgan fingerprint density at radius 2 is 1.77 bits per heavy atom. The molecular formula is C22H24N2O2. The van der Waals surface area contributed by atoms with Crippen molar-refractivity contribution in [2.75, 3.05) is 18.9 Å². The van der Waals surface area contributed by atoms with Gasteiger partial charge in [0.2, 0.25) is 5.91 Å². The first-order valence-electron chi connectivity index (χ1n) is 8.43. The topological polar surface area (TPSA) is 49.4 Å². The van der Waals surface area contributed by atoms with Gasteiger partial charge in [-0.3, -0.25) is 9.59 Å². The van der Waals surface area contributed by atoms with Gasteiger partial charge in [-0.15, -0.1) is 6.42 Å². The molecule has 4 nitrogen and oxygen atoms in total. The second-order valence-corrected chi connectivity index (χ2v) is 7.26. The minimum Gasteiger partial charge on any atom is -0.332 e. The number of anilines is 1. The molecule has 0 fully saturated rings. The Hall–Kier alpha value is -3.06. The number of benzene rings is 2. The zero-order chi connectivity index (χ0) is 19.3. The van der Waals surface area contributed by atoms with Gasteiger partial charge in [-0.1, -0.05) is 44.9 Å². The van der Waals surface area contributed by atoms with E-state index in [4.69, 9.17) is 6.42 Å². The Balaban J connectivity index is 1.99. The van der Waals surface area contributed by atoms with Crippen molar-refractivity contribution < 1.29 is 9.59 Å². The van der Waals surface area contributed by atoms with E-state index >= 15 is 0 Å². The lowest BCUT2D eigenvalue weighted by Gasteiger charge is -2.20. The van der Waals surface area contributed by atoms with E-state index in [9.17, 15) is 9.59 Å². The highest BCUT2D eigenvalue weighted by atomic mass is 16.2. The normalized spacial score (nSPS) is 10.7. The zero-order valence-electron chi connectivity index (χ0n) is 15.7. The summed E-state index contributed by atoms with van der Waals surface area (Å²) in [6.45, 7) is 6.32. The van der Waals surface area contributed by atoms with Crippen LogP contribution in [0, 0.1) is 12.3 Å². The molecule has 2 aromatic carbocycles. The van der Waals surface area contributed by atoms with Crippen LogP contribution < -0.4 is 5.32 Å². The highest BCUT2D eigenvalue weighted by Gasteiger charge is 2.17. The first-order chi connectivity index (χ1) is 12.2. The van der Waals surface area contributed by atoms with Crippen molar-refractivity contribution in [3.63, 3.8) is 0 Å². The molecule has 0 saturated carbocycles. The van der Waals surface area contributed by atoms with Crippen LogP contribution >= 0.6 is 0 Å². The van der Waals surface area contributed by atoms with Crippen molar-refractivity contribution in [3.8, 4) is 12.3 Å². The van der Waals surface area contributed by atoms with Crippen molar-refractivity contribution >= 4 is 17.5 Å². The number of carbonyl (C=O) groups is 2. The van der Waals surface area contributed by atoms with Gasteiger partial charge in [-0.2, -0.15) is 0 Å². The monoisotopic (exact) mass is 348 g/mol. The second kappa shape index (κ2) is 7.88. The van der Waals surface area contributed by atoms with Gasteiger partial charge >= 0.3 is 0 Å². The maximum Gasteiger partial charge on any atom is 0.254 e. The van der Waals surface area contributed by atoms with Gasteiger partial charge in [-0.05, 0) is 41.3 Å². The number of likely N-dealkylation sites (N-methyl/N-ethyl adjacent to an activating group) is 1. The molecule has 134 valence electrons. The number of rotatable bonds is 4. The van der Waals surface area contributed by atoms with E-state index in [1.807, 2.05) is 12.1 Å². The van der Waals surface area contributed by atoms with E-state index < -0.39 is 0 Å². The molecule has 2 rings (SSSR count). The number of hydrogen-bond acceptors (Lipinski definition) is 2. The molecular weight excluding hydrogens is 324 g/mol. The van der Waals surface area contributed by atoms with Gasteiger partial charge in [-0.25, -0.2) is 0 Å². The minimum absolute atomic E-state index is 0.0281. The Morgan fingerprint density at radius 1 is 1.12 bits per heavy atom. The molecule has 0 atom stereocenters. The molecule has 1 N–H and O–H groups in total. The standard InChI is InChI=1S/C22H24N2O2/c1-6-16-8-7-9-19(14-16)23-20(25)15-24(5)21(26)17-10-12-18(13-11-17)22(2,3)4/h1,7-14H,15H2,2-5H3,(H,23,25). The summed E-state index contributed by atoms with van der Waals surface area (Å²) in [5, 5.41) is 2.75. The fraction of sp³-hybridized carbons (Fsp3) is 0.273. The summed E-state index contributed by atoms with van der Waals surface area (Å²) in [6, 6.07) is 14.5. The Kier molecular flexibility index (Phi) is 5.84. The van der Waals surface area contributed by atoms with Crippen molar-refractivity contribution in [3.05, 3.63) is 65.2 Å². The Labute approximate surface area is 155 Å². The fourth-order valence-electron chi connectivity index (χ4n) is 2.51. The lowest BCUT2D eigenvalue weighted by molar-refractivity contribution is -0.116. The van der Waals surface area contributed by atoms with Gasteiger partial charge in [0.05, 0.1) is 6.54 Å². The molecule has 2 aromatic rings. The lowest BCUT2D eigenvalue weighted by atomic mass is 9.86. The van der Waals surface area contributed by atoms with Crippen LogP contribution in [0.15, 0.2) is 48.5 Å². The van der Waals surface area contributed by atoms with Gasteiger partial charge in [0.1, 0.15) is 0 Å². The van der Waals surface area contributed by atoms with Gasteiger partial charge < -0.3 is 10.2 Å². The van der Waals surface area contributed by atoms with Crippen LogP contribution in [0.1, 0.15) is 42.3 Å². The van der Waals surface area contributed by atoms with Crippen LogP contribution in [0.5, 0.6) is 0 Å². The maximum atomic E-state index is 12.5. The average Bonchev–Trinajstić information content (AvgIpc) is 2.60. The summed E-state index contributed by atoms with van der Waals surface area (Å²) in [7, 11) is 1.61. The van der Waals surface area contributed by atoms with Crippen LogP contribution in [0.2, 0.25) is 0 Å². The molecule has 0 aliphatic heterocycles. The second-order valence-electron chi connectivity index (χ2n) is 7.26. The number of amides is 2. The van der Waals surface area contributed by atoms with E-state index in [0.717, 1.165) is 5.56 Å². The summed E-state index contributed by atoms with van der Waals surface area (Å²) in [5.74, 6) is 2.05. The molecule has 0 radical (unpaired) electrons. The molecule has 26 heavy (non-hydrogen) atoms. The third-order valence-electron chi connectivity index (χ3n) is 4.04. The predicted molar refractivity (Wildman–Crippen MR) is 105 cm³/mol. The highest BCUT2D eigenvalue weighted by molar-refractivity contribution is 5.99. The molecule has 0 heterocycles. The summed E-state index contributed by atoms with van der Waals surface area (Å²) >= 11 is 0. The number of nitrogens with one attached hydrogen (secondary N) is 1. The zero-order valence-corrected chi connectivity index (χ0v) is 15.7. The first kappa shape index (κ1) is 19.3. The van der Waals surface area contributed by atoms with Crippen molar-refractivity contribution in [1.82, 2.24) is 4.90 Å². The summed E-state index contributed by atoms with van der Waals surface area (Å²) in [5.41, 5.74) is 3.04. The van der Waals surface area contributed by atoms with E-state index in [0.29, 0.717) is 16.8 Å². The smallest absolute Gasteiger partial charge is 0.254 e. The molecule has 2 amide bonds. The molecule has 0 aromatic heterocycles. The quantitative estimate of drug-likeness (QED) is 0.857. The number of terminal acetylenes is 1. The molecule has 0 unspecified atom stereocenters. The molecule has 0 spiro atoms. The molecule has 4 heteroatoms. The largest absolute Gasteiger partial charge is 0.332 e. The van der Waals surface area contributed by atoms with Crippen LogP contribution in [0.25, 0.3) is 0 Å². The SMILES string of the molecule is C#Cc1cccc(NC(=O)CN(C)C(=O)c2ccc(C(C)(C)C)cc2)c1. The Bertz CT molecular complexity index is 840. The maximum absolute atomic E-state index is 12.5. The van der Waals surface area contributed by atoms with Crippen molar-refractivity contribution in [2.24, 2.45) is 0 Å². The van der Waals surface area contributed by atoms with Crippen molar-refractivity contribution in [2.45, 2.75) is 26.2 Å². The summed E-state index contributed by atoms with van der Waals surface area (Å²) in [6.07, 6.45) is 5.36. The van der Waals surface area contributed by atoms with Crippen molar-refractivity contribution in [1.29, 1.82) is 0 Å². The fourth-order valence-corrected chi connectivity index (χ4v) is 2.51. The van der Waals surface area contributed by atoms with Crippen LogP contribution in [0.4, 0.5) is 5.69 Å². The van der Waals surface area contributed by atoms with E-state index in [1.54, 1.807) is 43.4 Å². The number of carbonyl (C=O) groups excluding carboxylic acids is 2. The van der Waals surface area contributed by atoms with E-state index in [-0.39, 0.29) is 23.8 Å². The van der Waals surface area contributed by atoms with E-state index in [2.05, 4.69) is 32.0 Å². The molecule has 0 bridgehead atoms. The average molecular weight is 348 g/mol. The van der Waals surface area contributed by atoms with Gasteiger partial charge in [0.15, 0.2) is 0 Å². The number of hydrogen-bond donors (Lipinski definition) is 1. The lowest BCUT2D eigenvalue weighted by Crippen LogP contribution is -2.35. The molecule has 0 aliphatic carbocycles. The molecule has 0 aliphatic rings. The first-order valence-corrected chi connectivity index (χ1v) is 8.43. The Morgan fingerprint density at radius 3 is 2.35 bits per heavy atom. The number of nitrogens with zero attached hydrogens (tertiary/aromatic N) is 1. The van der Waals surface area contributed by atoms with E-state index in [1.165, 1.54) is 4.90 Å². The summed E-state index contributed by atoms with van der Waals surface area (Å²) in [4.78, 5) is 26.1. The van der Waals surface area contributed by atoms with Crippen LogP contribution in [-0.2, 0) is 10.2 Å². The summed E-state index contributed by atoms with van der Waals surface area (Å²) < 4.78 is 0. The van der Waals surface area contributed by atoms with Gasteiger partial charge in [0.25, 0.3) is 5.91 Å². The molecule has 0 saturated heterocycles. The highest BCUT2D eigenvalue weighted by Crippen LogP contribution is 2.22. The van der Waals surface area contributed by atoms with Gasteiger partial charge in [0, 0.05) is 23.9 Å². The van der Waals surface area contributed by atoms with Crippen LogP contribution in [-0.4, -0.2) is 30.3 Å².